The van der Waals surface area contributed by atoms with Crippen LogP contribution in [0.3, 0.4) is 0 Å². The van der Waals surface area contributed by atoms with Gasteiger partial charge in [0.1, 0.15) is 6.04 Å². The molecule has 1 aliphatic carbocycles. The molecule has 0 saturated heterocycles. The highest BCUT2D eigenvalue weighted by Gasteiger charge is 2.28. The van der Waals surface area contributed by atoms with Crippen LogP contribution in [0.25, 0.3) is 0 Å². The Morgan fingerprint density at radius 3 is 2.41 bits per heavy atom. The Morgan fingerprint density at radius 1 is 1.18 bits per heavy atom. The molecule has 2 N–H and O–H groups in total. The highest BCUT2D eigenvalue weighted by molar-refractivity contribution is 5.97. The van der Waals surface area contributed by atoms with Crippen molar-refractivity contribution in [3.8, 4) is 0 Å². The molecule has 2 atom stereocenters. The summed E-state index contributed by atoms with van der Waals surface area (Å²) in [5.74, 6) is -0.132. The zero-order chi connectivity index (χ0) is 15.9. The number of amides is 2. The molecule has 1 aromatic rings. The molecular weight excluding hydrogens is 276 g/mol. The Labute approximate surface area is 132 Å². The van der Waals surface area contributed by atoms with Gasteiger partial charge in [-0.2, -0.15) is 0 Å². The second-order valence-corrected chi connectivity index (χ2v) is 6.19. The maximum atomic E-state index is 12.5. The van der Waals surface area contributed by atoms with Crippen molar-refractivity contribution in [1.29, 1.82) is 0 Å². The molecule has 22 heavy (non-hydrogen) atoms. The fourth-order valence-corrected chi connectivity index (χ4v) is 2.88. The number of hydrogen-bond donors (Lipinski definition) is 2. The van der Waals surface area contributed by atoms with E-state index in [-0.39, 0.29) is 23.8 Å². The Balaban J connectivity index is 2.02. The van der Waals surface area contributed by atoms with Crippen LogP contribution < -0.4 is 10.6 Å². The average Bonchev–Trinajstić information content (AvgIpc) is 3.05. The highest BCUT2D eigenvalue weighted by Crippen LogP contribution is 2.18. The minimum Gasteiger partial charge on any atom is -0.352 e. The van der Waals surface area contributed by atoms with Crippen molar-refractivity contribution in [1.82, 2.24) is 10.6 Å². The lowest BCUT2D eigenvalue weighted by Gasteiger charge is -2.25. The zero-order valence-corrected chi connectivity index (χ0v) is 13.5. The Morgan fingerprint density at radius 2 is 1.82 bits per heavy atom. The molecule has 0 bridgehead atoms. The standard InChI is InChI=1S/C18H26N2O2/c1-3-13(2)16(18(22)19-15-11-7-8-12-15)20-17(21)14-9-5-4-6-10-14/h4-6,9-10,13,15-16H,3,7-8,11-12H2,1-2H3,(H,19,22)(H,20,21). The Bertz CT molecular complexity index is 495. The van der Waals surface area contributed by atoms with Crippen LogP contribution in [0.2, 0.25) is 0 Å². The van der Waals surface area contributed by atoms with Crippen molar-refractivity contribution in [2.24, 2.45) is 5.92 Å². The summed E-state index contributed by atoms with van der Waals surface area (Å²) in [4.78, 5) is 24.9. The van der Waals surface area contributed by atoms with Crippen LogP contribution in [0.4, 0.5) is 0 Å². The van der Waals surface area contributed by atoms with Gasteiger partial charge >= 0.3 is 0 Å². The molecule has 120 valence electrons. The third-order valence-electron chi connectivity index (χ3n) is 4.52. The maximum absolute atomic E-state index is 12.5. The number of benzene rings is 1. The summed E-state index contributed by atoms with van der Waals surface area (Å²) in [5, 5.41) is 6.00. The van der Waals surface area contributed by atoms with Crippen molar-refractivity contribution in [2.75, 3.05) is 0 Å². The number of rotatable bonds is 6. The zero-order valence-electron chi connectivity index (χ0n) is 13.5. The van der Waals surface area contributed by atoms with E-state index in [9.17, 15) is 9.59 Å². The first-order chi connectivity index (χ1) is 10.6. The van der Waals surface area contributed by atoms with Gasteiger partial charge in [-0.1, -0.05) is 51.3 Å². The predicted molar refractivity (Wildman–Crippen MR) is 87.5 cm³/mol. The molecule has 2 amide bonds. The maximum Gasteiger partial charge on any atom is 0.251 e. The third-order valence-corrected chi connectivity index (χ3v) is 4.52. The predicted octanol–water partition coefficient (Wildman–Crippen LogP) is 2.89. The molecule has 0 heterocycles. The molecule has 4 nitrogen and oxygen atoms in total. The van der Waals surface area contributed by atoms with Crippen molar-refractivity contribution in [3.63, 3.8) is 0 Å². The van der Waals surface area contributed by atoms with E-state index in [1.54, 1.807) is 12.1 Å². The van der Waals surface area contributed by atoms with Gasteiger partial charge in [0.15, 0.2) is 0 Å². The van der Waals surface area contributed by atoms with Gasteiger partial charge in [-0.3, -0.25) is 9.59 Å². The van der Waals surface area contributed by atoms with Crippen molar-refractivity contribution < 1.29 is 9.59 Å². The van der Waals surface area contributed by atoms with Gasteiger partial charge in [0, 0.05) is 11.6 Å². The van der Waals surface area contributed by atoms with Gasteiger partial charge in [0.2, 0.25) is 5.91 Å². The second-order valence-electron chi connectivity index (χ2n) is 6.19. The molecule has 1 aromatic carbocycles. The fourth-order valence-electron chi connectivity index (χ4n) is 2.88. The highest BCUT2D eigenvalue weighted by atomic mass is 16.2. The second kappa shape index (κ2) is 7.97. The molecule has 0 spiro atoms. The first-order valence-corrected chi connectivity index (χ1v) is 8.28. The molecule has 0 aromatic heterocycles. The van der Waals surface area contributed by atoms with Gasteiger partial charge < -0.3 is 10.6 Å². The minimum absolute atomic E-state index is 0.0504. The number of carbonyl (C=O) groups excluding carboxylic acids is 2. The molecule has 1 aliphatic rings. The van der Waals surface area contributed by atoms with Crippen LogP contribution in [-0.4, -0.2) is 23.9 Å². The molecular formula is C18H26N2O2. The van der Waals surface area contributed by atoms with Crippen LogP contribution in [0.1, 0.15) is 56.3 Å². The topological polar surface area (TPSA) is 58.2 Å². The molecule has 0 aliphatic heterocycles. The van der Waals surface area contributed by atoms with E-state index in [1.807, 2.05) is 32.0 Å². The van der Waals surface area contributed by atoms with Gasteiger partial charge in [-0.25, -0.2) is 0 Å². The van der Waals surface area contributed by atoms with Crippen LogP contribution >= 0.6 is 0 Å². The van der Waals surface area contributed by atoms with Crippen LogP contribution in [-0.2, 0) is 4.79 Å². The quantitative estimate of drug-likeness (QED) is 0.849. The molecule has 4 heteroatoms. The lowest BCUT2D eigenvalue weighted by Crippen LogP contribution is -2.52. The van der Waals surface area contributed by atoms with Crippen LogP contribution in [0, 0.1) is 5.92 Å². The molecule has 0 radical (unpaired) electrons. The third kappa shape index (κ3) is 4.33. The van der Waals surface area contributed by atoms with E-state index in [4.69, 9.17) is 0 Å². The van der Waals surface area contributed by atoms with E-state index in [2.05, 4.69) is 10.6 Å². The molecule has 1 saturated carbocycles. The van der Waals surface area contributed by atoms with E-state index < -0.39 is 6.04 Å². The number of hydrogen-bond acceptors (Lipinski definition) is 2. The summed E-state index contributed by atoms with van der Waals surface area (Å²) in [7, 11) is 0. The fraction of sp³-hybridized carbons (Fsp3) is 0.556. The van der Waals surface area contributed by atoms with Crippen molar-refractivity contribution >= 4 is 11.8 Å². The van der Waals surface area contributed by atoms with Crippen LogP contribution in [0.15, 0.2) is 30.3 Å². The first-order valence-electron chi connectivity index (χ1n) is 8.28. The van der Waals surface area contributed by atoms with Crippen LogP contribution in [0.5, 0.6) is 0 Å². The summed E-state index contributed by atoms with van der Waals surface area (Å²) < 4.78 is 0. The summed E-state index contributed by atoms with van der Waals surface area (Å²) in [6.07, 6.45) is 5.29. The monoisotopic (exact) mass is 302 g/mol. The van der Waals surface area contributed by atoms with Gasteiger partial charge in [-0.15, -0.1) is 0 Å². The summed E-state index contributed by atoms with van der Waals surface area (Å²) in [5.41, 5.74) is 0.587. The SMILES string of the molecule is CCC(C)C(NC(=O)c1ccccc1)C(=O)NC1CCCC1. The normalized spacial score (nSPS) is 17.7. The smallest absolute Gasteiger partial charge is 0.251 e. The number of carbonyl (C=O) groups is 2. The van der Waals surface area contributed by atoms with Gasteiger partial charge in [0.25, 0.3) is 5.91 Å². The molecule has 1 fully saturated rings. The summed E-state index contributed by atoms with van der Waals surface area (Å²) >= 11 is 0. The van der Waals surface area contributed by atoms with Crippen molar-refractivity contribution in [2.45, 2.75) is 58.0 Å². The largest absolute Gasteiger partial charge is 0.352 e. The van der Waals surface area contributed by atoms with Gasteiger partial charge in [0.05, 0.1) is 0 Å². The summed E-state index contributed by atoms with van der Waals surface area (Å²) in [6.45, 7) is 4.04. The van der Waals surface area contributed by atoms with E-state index >= 15 is 0 Å². The number of nitrogens with one attached hydrogen (secondary N) is 2. The molecule has 2 unspecified atom stereocenters. The minimum atomic E-state index is -0.474. The lowest BCUT2D eigenvalue weighted by molar-refractivity contribution is -0.124. The average molecular weight is 302 g/mol. The van der Waals surface area contributed by atoms with Gasteiger partial charge in [-0.05, 0) is 30.9 Å². The first kappa shape index (κ1) is 16.5. The lowest BCUT2D eigenvalue weighted by atomic mass is 9.97. The van der Waals surface area contributed by atoms with E-state index in [1.165, 1.54) is 12.8 Å². The van der Waals surface area contributed by atoms with E-state index in [0.717, 1.165) is 19.3 Å². The molecule has 2 rings (SSSR count). The Hall–Kier alpha value is -1.84. The van der Waals surface area contributed by atoms with E-state index in [0.29, 0.717) is 5.56 Å². The van der Waals surface area contributed by atoms with Crippen molar-refractivity contribution in [3.05, 3.63) is 35.9 Å². The summed E-state index contributed by atoms with van der Waals surface area (Å²) in [6, 6.07) is 8.84. The Kier molecular flexibility index (Phi) is 5.99.